The van der Waals surface area contributed by atoms with Crippen LogP contribution in [-0.4, -0.2) is 0 Å². The van der Waals surface area contributed by atoms with Crippen LogP contribution in [-0.2, 0) is 0 Å². The minimum Gasteiger partial charge on any atom is -0.0622 e. The molecule has 2 aromatic rings. The maximum atomic E-state index is 3.22. The van der Waals surface area contributed by atoms with Gasteiger partial charge in [0, 0.05) is 22.3 Å². The molecule has 0 unspecified atom stereocenters. The van der Waals surface area contributed by atoms with Gasteiger partial charge in [-0.2, -0.15) is 0 Å². The van der Waals surface area contributed by atoms with E-state index in [9.17, 15) is 0 Å². The van der Waals surface area contributed by atoms with Gasteiger partial charge in [0.2, 0.25) is 0 Å². The average Bonchev–Trinajstić information content (AvgIpc) is 3.14. The molecule has 0 amide bonds. The van der Waals surface area contributed by atoms with Gasteiger partial charge in [0.15, 0.2) is 0 Å². The predicted octanol–water partition coefficient (Wildman–Crippen LogP) is 5.78. The van der Waals surface area contributed by atoms with Gasteiger partial charge >= 0.3 is 0 Å². The fourth-order valence-corrected chi connectivity index (χ4v) is 3.13. The van der Waals surface area contributed by atoms with Gasteiger partial charge < -0.3 is 0 Å². The summed E-state index contributed by atoms with van der Waals surface area (Å²) in [5.74, 6) is 24.5. The Bertz CT molecular complexity index is 1370. The van der Waals surface area contributed by atoms with Crippen molar-refractivity contribution in [2.45, 2.75) is 6.42 Å². The van der Waals surface area contributed by atoms with Crippen molar-refractivity contribution in [1.29, 1.82) is 0 Å². The van der Waals surface area contributed by atoms with E-state index in [-0.39, 0.29) is 0 Å². The Morgan fingerprint density at radius 1 is 0.548 bits per heavy atom. The molecule has 0 saturated carbocycles. The van der Waals surface area contributed by atoms with Crippen molar-refractivity contribution in [2.24, 2.45) is 0 Å². The van der Waals surface area contributed by atoms with Gasteiger partial charge in [-0.25, -0.2) is 0 Å². The van der Waals surface area contributed by atoms with Crippen molar-refractivity contribution in [2.75, 3.05) is 0 Å². The van der Waals surface area contributed by atoms with E-state index in [1.54, 1.807) is 0 Å². The first kappa shape index (κ1) is 19.7. The summed E-state index contributed by atoms with van der Waals surface area (Å²) in [6.07, 6.45) is 13.1. The van der Waals surface area contributed by atoms with Crippen molar-refractivity contribution in [3.05, 3.63) is 131 Å². The molecule has 0 aromatic heterocycles. The number of hydrogen-bond donors (Lipinski definition) is 0. The van der Waals surface area contributed by atoms with Gasteiger partial charge in [-0.1, -0.05) is 84.4 Å². The Morgan fingerprint density at radius 2 is 1.13 bits per heavy atom. The zero-order valence-corrected chi connectivity index (χ0v) is 16.9. The van der Waals surface area contributed by atoms with Crippen molar-refractivity contribution >= 4 is 0 Å². The highest BCUT2D eigenvalue weighted by atomic mass is 14.2. The molecular weight excluding hydrogens is 372 g/mol. The van der Waals surface area contributed by atoms with Crippen LogP contribution in [0.1, 0.15) is 17.5 Å². The van der Waals surface area contributed by atoms with Crippen LogP contribution in [0.5, 0.6) is 0 Å². The van der Waals surface area contributed by atoms with Crippen LogP contribution in [0.25, 0.3) is 0 Å². The van der Waals surface area contributed by atoms with Crippen LogP contribution in [0.3, 0.4) is 0 Å². The Morgan fingerprint density at radius 3 is 1.81 bits per heavy atom. The summed E-state index contributed by atoms with van der Waals surface area (Å²) < 4.78 is 0. The molecule has 0 nitrogen and oxygen atoms in total. The topological polar surface area (TPSA) is 0 Å². The first-order chi connectivity index (χ1) is 15.4. The largest absolute Gasteiger partial charge is 0.0622 e. The fourth-order valence-electron chi connectivity index (χ4n) is 3.13. The lowest BCUT2D eigenvalue weighted by molar-refractivity contribution is 1.19. The molecule has 4 rings (SSSR count). The number of benzene rings is 2. The molecular formula is C31H18. The minimum absolute atomic E-state index is 0.784. The third kappa shape index (κ3) is 5.69. The minimum atomic E-state index is 0.784. The van der Waals surface area contributed by atoms with Crippen LogP contribution < -0.4 is 0 Å². The van der Waals surface area contributed by atoms with E-state index < -0.39 is 0 Å². The Hall–Kier alpha value is -4.62. The molecule has 0 heteroatoms. The van der Waals surface area contributed by atoms with E-state index in [0.29, 0.717) is 0 Å². The second kappa shape index (κ2) is 10.2. The van der Waals surface area contributed by atoms with Crippen molar-refractivity contribution in [3.8, 4) is 47.4 Å². The molecule has 0 heterocycles. The molecule has 0 fully saturated rings. The fraction of sp³-hybridized carbons (Fsp3) is 0.0323. The summed E-state index contributed by atoms with van der Waals surface area (Å²) in [7, 11) is 0. The predicted molar refractivity (Wildman–Crippen MR) is 128 cm³/mol. The van der Waals surface area contributed by atoms with E-state index in [4.69, 9.17) is 0 Å². The smallest absolute Gasteiger partial charge is 0.0303 e. The lowest BCUT2D eigenvalue weighted by atomic mass is 9.96. The van der Waals surface area contributed by atoms with E-state index in [1.165, 1.54) is 5.57 Å². The molecule has 2 aliphatic rings. The summed E-state index contributed by atoms with van der Waals surface area (Å²) in [6, 6.07) is 19.7. The normalized spacial score (nSPS) is 13.3. The maximum Gasteiger partial charge on any atom is 0.0303 e. The summed E-state index contributed by atoms with van der Waals surface area (Å²) in [5.41, 5.74) is 6.12. The van der Waals surface area contributed by atoms with Crippen LogP contribution >= 0.6 is 0 Å². The van der Waals surface area contributed by atoms with Gasteiger partial charge in [0.1, 0.15) is 0 Å². The highest BCUT2D eigenvalue weighted by molar-refractivity contribution is 5.63. The molecule has 0 N–H and O–H groups in total. The third-order valence-electron chi connectivity index (χ3n) is 4.66. The number of rotatable bonds is 0. The molecule has 0 aliphatic heterocycles. The molecule has 0 saturated heterocycles. The first-order valence-corrected chi connectivity index (χ1v) is 10.0. The highest BCUT2D eigenvalue weighted by Crippen LogP contribution is 2.28. The molecule has 2 aliphatic carbocycles. The molecule has 31 heavy (non-hydrogen) atoms. The Balaban J connectivity index is 1.63. The van der Waals surface area contributed by atoms with Crippen LogP contribution in [0.15, 0.2) is 119 Å². The summed E-state index contributed by atoms with van der Waals surface area (Å²) in [4.78, 5) is 0. The van der Waals surface area contributed by atoms with Gasteiger partial charge in [-0.3, -0.25) is 0 Å². The number of allylic oxidation sites excluding steroid dienone is 10. The summed E-state index contributed by atoms with van der Waals surface area (Å²) in [6.45, 7) is 0. The second-order valence-electron chi connectivity index (χ2n) is 6.84. The zero-order valence-electron chi connectivity index (χ0n) is 16.9. The highest BCUT2D eigenvalue weighted by Gasteiger charge is 2.13. The summed E-state index contributed by atoms with van der Waals surface area (Å²) in [5, 5.41) is 0. The van der Waals surface area contributed by atoms with Gasteiger partial charge in [0.05, 0.1) is 0 Å². The van der Waals surface area contributed by atoms with Crippen LogP contribution in [0.2, 0.25) is 0 Å². The van der Waals surface area contributed by atoms with Gasteiger partial charge in [-0.05, 0) is 77.7 Å². The second-order valence-corrected chi connectivity index (χ2v) is 6.84. The number of fused-ring (bicyclic) bond motifs is 2. The van der Waals surface area contributed by atoms with Crippen LogP contribution in [0, 0.1) is 47.4 Å². The lowest BCUT2D eigenvalue weighted by Crippen LogP contribution is -1.92. The van der Waals surface area contributed by atoms with Crippen molar-refractivity contribution in [3.63, 3.8) is 0 Å². The quantitative estimate of drug-likeness (QED) is 0.501. The van der Waals surface area contributed by atoms with E-state index in [2.05, 4.69) is 59.5 Å². The van der Waals surface area contributed by atoms with Gasteiger partial charge in [-0.15, -0.1) is 0 Å². The van der Waals surface area contributed by atoms with Crippen molar-refractivity contribution < 1.29 is 0 Å². The maximum absolute atomic E-state index is 3.22. The molecule has 2 aromatic carbocycles. The van der Waals surface area contributed by atoms with Crippen molar-refractivity contribution in [1.82, 2.24) is 0 Å². The molecule has 0 spiro atoms. The first-order valence-electron chi connectivity index (χ1n) is 10.0. The number of hydrogen-bond acceptors (Lipinski definition) is 0. The average molecular weight is 390 g/mol. The van der Waals surface area contributed by atoms with E-state index in [0.717, 1.165) is 34.3 Å². The molecule has 2 bridgehead atoms. The van der Waals surface area contributed by atoms with Crippen LogP contribution in [0.4, 0.5) is 0 Å². The van der Waals surface area contributed by atoms with E-state index in [1.807, 2.05) is 85.0 Å². The monoisotopic (exact) mass is 390 g/mol. The third-order valence-corrected chi connectivity index (χ3v) is 4.66. The zero-order chi connectivity index (χ0) is 21.1. The standard InChI is InChI=1S/C31H18/c1-3-13-26(14-4-1)17-7-9-21-29-23-11-19-28-20-12-24-30(31(29)25-28)22-10-8-18-27-15-5-2-6-16-27/h1-6,11-16,19-20,23-24H,25H2. The molecule has 0 radical (unpaired) electrons. The molecule has 142 valence electrons. The summed E-state index contributed by atoms with van der Waals surface area (Å²) >= 11 is 0. The Kier molecular flexibility index (Phi) is 6.50. The van der Waals surface area contributed by atoms with Gasteiger partial charge in [0.25, 0.3) is 0 Å². The van der Waals surface area contributed by atoms with E-state index >= 15 is 0 Å². The lowest BCUT2D eigenvalue weighted by Gasteiger charge is -2.06. The SMILES string of the molecule is C(C#Cc1ccccc1)#CC1=CC=CC2=CC=CC(C#CC#Cc3ccccc3)=C1C2. The molecule has 0 atom stereocenters. The Labute approximate surface area is 184 Å².